The van der Waals surface area contributed by atoms with Gasteiger partial charge in [0, 0.05) is 17.1 Å². The molecule has 2 rings (SSSR count). The van der Waals surface area contributed by atoms with E-state index in [0.717, 1.165) is 10.9 Å². The SMILES string of the molecule is CSc1ncc2cc(C#N)nc(NC(C)(C)C)c2n1. The highest BCUT2D eigenvalue weighted by atomic mass is 32.2. The molecule has 0 atom stereocenters. The molecule has 2 aromatic rings. The molecule has 0 unspecified atom stereocenters. The van der Waals surface area contributed by atoms with Crippen molar-refractivity contribution in [2.45, 2.75) is 31.5 Å². The maximum absolute atomic E-state index is 9.04. The molecular formula is C13H15N5S. The smallest absolute Gasteiger partial charge is 0.187 e. The normalized spacial score (nSPS) is 11.3. The summed E-state index contributed by atoms with van der Waals surface area (Å²) in [6.07, 6.45) is 3.65. The lowest BCUT2D eigenvalue weighted by Crippen LogP contribution is -2.27. The van der Waals surface area contributed by atoms with Crippen LogP contribution < -0.4 is 5.32 Å². The molecule has 0 spiro atoms. The number of anilines is 1. The first-order valence-electron chi connectivity index (χ1n) is 5.83. The van der Waals surface area contributed by atoms with Crippen molar-refractivity contribution in [3.8, 4) is 6.07 Å². The first-order valence-corrected chi connectivity index (χ1v) is 7.05. The lowest BCUT2D eigenvalue weighted by atomic mass is 10.1. The Balaban J connectivity index is 2.66. The van der Waals surface area contributed by atoms with Crippen molar-refractivity contribution in [3.05, 3.63) is 18.0 Å². The molecule has 2 aromatic heterocycles. The van der Waals surface area contributed by atoms with E-state index in [4.69, 9.17) is 5.26 Å². The number of thioether (sulfide) groups is 1. The fourth-order valence-electron chi connectivity index (χ4n) is 1.62. The van der Waals surface area contributed by atoms with E-state index in [-0.39, 0.29) is 5.54 Å². The highest BCUT2D eigenvalue weighted by Gasteiger charge is 2.15. The number of hydrogen-bond acceptors (Lipinski definition) is 6. The first kappa shape index (κ1) is 13.6. The monoisotopic (exact) mass is 273 g/mol. The average Bonchev–Trinajstić information content (AvgIpc) is 2.36. The van der Waals surface area contributed by atoms with E-state index < -0.39 is 0 Å². The Morgan fingerprint density at radius 3 is 2.63 bits per heavy atom. The van der Waals surface area contributed by atoms with Crippen LogP contribution in [0.5, 0.6) is 0 Å². The molecule has 2 heterocycles. The van der Waals surface area contributed by atoms with Gasteiger partial charge in [0.2, 0.25) is 0 Å². The second-order valence-corrected chi connectivity index (χ2v) is 5.91. The van der Waals surface area contributed by atoms with Gasteiger partial charge >= 0.3 is 0 Å². The zero-order chi connectivity index (χ0) is 14.0. The highest BCUT2D eigenvalue weighted by Crippen LogP contribution is 2.24. The van der Waals surface area contributed by atoms with Gasteiger partial charge in [0.25, 0.3) is 0 Å². The predicted octanol–water partition coefficient (Wildman–Crippen LogP) is 2.83. The largest absolute Gasteiger partial charge is 0.364 e. The van der Waals surface area contributed by atoms with E-state index in [1.807, 2.05) is 27.0 Å². The van der Waals surface area contributed by atoms with Gasteiger partial charge in [0.15, 0.2) is 11.0 Å². The molecule has 0 saturated carbocycles. The molecule has 0 fully saturated rings. The van der Waals surface area contributed by atoms with Crippen LogP contribution in [0.2, 0.25) is 0 Å². The Labute approximate surface area is 116 Å². The van der Waals surface area contributed by atoms with Gasteiger partial charge in [0.1, 0.15) is 17.3 Å². The number of nitrogens with zero attached hydrogens (tertiary/aromatic N) is 4. The number of hydrogen-bond donors (Lipinski definition) is 1. The van der Waals surface area contributed by atoms with E-state index in [0.29, 0.717) is 16.7 Å². The minimum Gasteiger partial charge on any atom is -0.364 e. The van der Waals surface area contributed by atoms with Crippen molar-refractivity contribution < 1.29 is 0 Å². The molecule has 19 heavy (non-hydrogen) atoms. The molecule has 0 aliphatic rings. The zero-order valence-electron chi connectivity index (χ0n) is 11.4. The van der Waals surface area contributed by atoms with Gasteiger partial charge in [-0.2, -0.15) is 5.26 Å². The average molecular weight is 273 g/mol. The van der Waals surface area contributed by atoms with Gasteiger partial charge in [-0.25, -0.2) is 15.0 Å². The molecule has 0 amide bonds. The van der Waals surface area contributed by atoms with Gasteiger partial charge in [-0.3, -0.25) is 0 Å². The molecule has 0 aliphatic heterocycles. The second kappa shape index (κ2) is 5.02. The van der Waals surface area contributed by atoms with E-state index >= 15 is 0 Å². The minimum atomic E-state index is -0.154. The van der Waals surface area contributed by atoms with Crippen LogP contribution in [0, 0.1) is 11.3 Å². The summed E-state index contributed by atoms with van der Waals surface area (Å²) in [6.45, 7) is 6.11. The first-order chi connectivity index (χ1) is 8.93. The van der Waals surface area contributed by atoms with Gasteiger partial charge in [-0.05, 0) is 33.1 Å². The molecule has 1 N–H and O–H groups in total. The fraction of sp³-hybridized carbons (Fsp3) is 0.385. The van der Waals surface area contributed by atoms with Crippen LogP contribution in [-0.4, -0.2) is 26.7 Å². The van der Waals surface area contributed by atoms with Crippen LogP contribution in [0.1, 0.15) is 26.5 Å². The third kappa shape index (κ3) is 3.12. The number of aromatic nitrogens is 3. The predicted molar refractivity (Wildman–Crippen MR) is 77.2 cm³/mol. The van der Waals surface area contributed by atoms with Crippen LogP contribution in [0.3, 0.4) is 0 Å². The van der Waals surface area contributed by atoms with Crippen LogP contribution >= 0.6 is 11.8 Å². The Hall–Kier alpha value is -1.87. The van der Waals surface area contributed by atoms with Gasteiger partial charge in [-0.15, -0.1) is 0 Å². The second-order valence-electron chi connectivity index (χ2n) is 5.14. The van der Waals surface area contributed by atoms with E-state index in [9.17, 15) is 0 Å². The lowest BCUT2D eigenvalue weighted by Gasteiger charge is -2.22. The Morgan fingerprint density at radius 2 is 2.05 bits per heavy atom. The Morgan fingerprint density at radius 1 is 1.32 bits per heavy atom. The molecule has 0 radical (unpaired) electrons. The van der Waals surface area contributed by atoms with Crippen LogP contribution in [0.15, 0.2) is 17.4 Å². The number of pyridine rings is 1. The van der Waals surface area contributed by atoms with E-state index in [1.165, 1.54) is 11.8 Å². The van der Waals surface area contributed by atoms with Crippen LogP contribution in [0.4, 0.5) is 5.82 Å². The fourth-order valence-corrected chi connectivity index (χ4v) is 1.96. The summed E-state index contributed by atoms with van der Waals surface area (Å²) >= 11 is 1.48. The summed E-state index contributed by atoms with van der Waals surface area (Å²) < 4.78 is 0. The molecule has 0 saturated heterocycles. The maximum Gasteiger partial charge on any atom is 0.187 e. The summed E-state index contributed by atoms with van der Waals surface area (Å²) in [5, 5.41) is 13.8. The van der Waals surface area contributed by atoms with Crippen molar-refractivity contribution in [2.75, 3.05) is 11.6 Å². The molecular weight excluding hydrogens is 258 g/mol. The number of rotatable bonds is 2. The number of nitrogens with one attached hydrogen (secondary N) is 1. The molecule has 0 aliphatic carbocycles. The quantitative estimate of drug-likeness (QED) is 0.670. The summed E-state index contributed by atoms with van der Waals surface area (Å²) in [6, 6.07) is 3.76. The summed E-state index contributed by atoms with van der Waals surface area (Å²) in [5.74, 6) is 0.624. The van der Waals surface area contributed by atoms with E-state index in [1.54, 1.807) is 12.3 Å². The van der Waals surface area contributed by atoms with Gasteiger partial charge < -0.3 is 5.32 Å². The Kier molecular flexibility index (Phi) is 3.58. The maximum atomic E-state index is 9.04. The highest BCUT2D eigenvalue weighted by molar-refractivity contribution is 7.98. The third-order valence-electron chi connectivity index (χ3n) is 2.33. The minimum absolute atomic E-state index is 0.154. The standard InChI is InChI=1S/C13H15N5S/c1-13(2,3)18-11-10-8(5-9(6-14)16-11)7-15-12(17-10)19-4/h5,7H,1-4H3,(H,16,18). The van der Waals surface area contributed by atoms with Crippen molar-refractivity contribution in [1.82, 2.24) is 15.0 Å². The molecule has 0 bridgehead atoms. The zero-order valence-corrected chi connectivity index (χ0v) is 12.2. The lowest BCUT2D eigenvalue weighted by molar-refractivity contribution is 0.631. The summed E-state index contributed by atoms with van der Waals surface area (Å²) in [5.41, 5.74) is 0.950. The van der Waals surface area contributed by atoms with Crippen LogP contribution in [-0.2, 0) is 0 Å². The van der Waals surface area contributed by atoms with Gasteiger partial charge in [-0.1, -0.05) is 11.8 Å². The van der Waals surface area contributed by atoms with Crippen molar-refractivity contribution in [1.29, 1.82) is 5.26 Å². The molecule has 5 nitrogen and oxygen atoms in total. The Bertz CT molecular complexity index is 654. The summed E-state index contributed by atoms with van der Waals surface area (Å²) in [4.78, 5) is 13.0. The van der Waals surface area contributed by atoms with Gasteiger partial charge in [0.05, 0.1) is 0 Å². The van der Waals surface area contributed by atoms with Crippen molar-refractivity contribution >= 4 is 28.5 Å². The van der Waals surface area contributed by atoms with E-state index in [2.05, 4.69) is 26.3 Å². The third-order valence-corrected chi connectivity index (χ3v) is 2.90. The topological polar surface area (TPSA) is 74.5 Å². The van der Waals surface area contributed by atoms with Crippen molar-refractivity contribution in [2.24, 2.45) is 0 Å². The molecule has 0 aromatic carbocycles. The van der Waals surface area contributed by atoms with Crippen molar-refractivity contribution in [3.63, 3.8) is 0 Å². The van der Waals surface area contributed by atoms with Crippen LogP contribution in [0.25, 0.3) is 10.9 Å². The number of nitriles is 1. The molecule has 98 valence electrons. The number of fused-ring (bicyclic) bond motifs is 1. The summed E-state index contributed by atoms with van der Waals surface area (Å²) in [7, 11) is 0. The molecule has 6 heteroatoms.